The number of benzene rings is 2. The predicted molar refractivity (Wildman–Crippen MR) is 88.2 cm³/mol. The molecule has 0 unspecified atom stereocenters. The molecule has 1 N–H and O–H groups in total. The van der Waals surface area contributed by atoms with Crippen LogP contribution >= 0.6 is 0 Å². The van der Waals surface area contributed by atoms with Crippen LogP contribution in [0.15, 0.2) is 47.5 Å². The number of rotatable bonds is 4. The lowest BCUT2D eigenvalue weighted by Gasteiger charge is -2.29. The van der Waals surface area contributed by atoms with E-state index in [9.17, 15) is 23.1 Å². The molecule has 0 atom stereocenters. The number of fused-ring (bicyclic) bond motifs is 1. The number of para-hydroxylation sites is 1. The topological polar surface area (TPSA) is 62.1 Å². The van der Waals surface area contributed by atoms with E-state index in [1.165, 1.54) is 18.1 Å². The Hall–Kier alpha value is -3.03. The number of anilines is 1. The lowest BCUT2D eigenvalue weighted by atomic mass is 10.1. The Balaban J connectivity index is 2.23. The number of hydrogen-bond donors (Lipinski definition) is 1. The Morgan fingerprint density at radius 3 is 2.65 bits per heavy atom. The third-order valence-corrected chi connectivity index (χ3v) is 4.04. The number of carboxylic acid groups (broad SMARTS) is 1. The Labute approximate surface area is 146 Å². The molecule has 0 aromatic heterocycles. The summed E-state index contributed by atoms with van der Waals surface area (Å²) in [6, 6.07) is 10.0. The molecular formula is C18H15F3N2O3. The van der Waals surface area contributed by atoms with Crippen molar-refractivity contribution in [3.8, 4) is 5.75 Å². The molecular weight excluding hydrogens is 349 g/mol. The standard InChI is InChI=1S/C18H15F3N2O3/c1-26-16-7-6-11(18(19,20)21)8-15(16)23-10-22-13-5-3-2-4-12(13)14(23)9-17(24)25/h2-8H,9-10H2,1H3,(H,24,25). The second-order valence-corrected chi connectivity index (χ2v) is 5.65. The van der Waals surface area contributed by atoms with Gasteiger partial charge in [0.2, 0.25) is 0 Å². The molecule has 0 saturated carbocycles. The number of hydrogen-bond acceptors (Lipinski definition) is 4. The highest BCUT2D eigenvalue weighted by Gasteiger charge is 2.32. The molecule has 1 aliphatic rings. The molecule has 0 saturated heterocycles. The van der Waals surface area contributed by atoms with Crippen molar-refractivity contribution in [3.05, 3.63) is 58.6 Å². The number of carbonyl (C=O) groups is 1. The summed E-state index contributed by atoms with van der Waals surface area (Å²) in [5, 5.41) is 10.4. The third kappa shape index (κ3) is 3.35. The first-order chi connectivity index (χ1) is 12.3. The van der Waals surface area contributed by atoms with Gasteiger partial charge in [-0.15, -0.1) is 0 Å². The molecule has 136 valence electrons. The van der Waals surface area contributed by atoms with Crippen molar-refractivity contribution in [2.45, 2.75) is 12.6 Å². The largest absolute Gasteiger partial charge is 0.495 e. The lowest BCUT2D eigenvalue weighted by Crippen LogP contribution is -2.41. The smallest absolute Gasteiger partial charge is 0.416 e. The molecule has 0 spiro atoms. The minimum absolute atomic E-state index is 0.00268. The second-order valence-electron chi connectivity index (χ2n) is 5.65. The van der Waals surface area contributed by atoms with Gasteiger partial charge in [0.15, 0.2) is 0 Å². The fourth-order valence-electron chi connectivity index (χ4n) is 2.87. The van der Waals surface area contributed by atoms with Crippen LogP contribution in [0, 0.1) is 0 Å². The van der Waals surface area contributed by atoms with Gasteiger partial charge in [0.05, 0.1) is 30.1 Å². The molecule has 26 heavy (non-hydrogen) atoms. The molecule has 1 aliphatic heterocycles. The number of ether oxygens (including phenoxy) is 1. The van der Waals surface area contributed by atoms with E-state index < -0.39 is 17.7 Å². The summed E-state index contributed by atoms with van der Waals surface area (Å²) in [5.41, 5.74) is -0.362. The van der Waals surface area contributed by atoms with Gasteiger partial charge in [0.25, 0.3) is 0 Å². The van der Waals surface area contributed by atoms with Gasteiger partial charge in [-0.05, 0) is 24.3 Å². The Bertz CT molecular complexity index is 970. The summed E-state index contributed by atoms with van der Waals surface area (Å²) in [6.45, 7) is -0.00268. The number of methoxy groups -OCH3 is 1. The van der Waals surface area contributed by atoms with Crippen LogP contribution < -0.4 is 20.2 Å². The van der Waals surface area contributed by atoms with Gasteiger partial charge in [0, 0.05) is 10.9 Å². The van der Waals surface area contributed by atoms with E-state index in [1.807, 2.05) is 0 Å². The SMILES string of the molecule is COc1ccc(C(F)(F)F)cc1N1CN=c2ccccc2=C1CC(=O)O. The van der Waals surface area contributed by atoms with Crippen molar-refractivity contribution < 1.29 is 27.8 Å². The van der Waals surface area contributed by atoms with E-state index in [0.29, 0.717) is 16.3 Å². The van der Waals surface area contributed by atoms with Gasteiger partial charge < -0.3 is 14.7 Å². The molecule has 5 nitrogen and oxygen atoms in total. The van der Waals surface area contributed by atoms with Crippen LogP contribution in [0.3, 0.4) is 0 Å². The van der Waals surface area contributed by atoms with Crippen LogP contribution in [0.2, 0.25) is 0 Å². The summed E-state index contributed by atoms with van der Waals surface area (Å²) in [7, 11) is 1.35. The molecule has 0 aliphatic carbocycles. The van der Waals surface area contributed by atoms with Gasteiger partial charge in [0.1, 0.15) is 12.4 Å². The van der Waals surface area contributed by atoms with Crippen molar-refractivity contribution in [3.63, 3.8) is 0 Å². The molecule has 3 rings (SSSR count). The number of alkyl halides is 3. The second kappa shape index (κ2) is 6.70. The van der Waals surface area contributed by atoms with Gasteiger partial charge in [-0.1, -0.05) is 18.2 Å². The fraction of sp³-hybridized carbons (Fsp3) is 0.222. The molecule has 2 aromatic rings. The van der Waals surface area contributed by atoms with E-state index in [0.717, 1.165) is 12.1 Å². The molecule has 0 bridgehead atoms. The third-order valence-electron chi connectivity index (χ3n) is 4.04. The summed E-state index contributed by atoms with van der Waals surface area (Å²) < 4.78 is 44.6. The molecule has 0 amide bonds. The summed E-state index contributed by atoms with van der Waals surface area (Å²) in [4.78, 5) is 17.1. The highest BCUT2D eigenvalue weighted by atomic mass is 19.4. The maximum atomic E-state index is 13.1. The maximum Gasteiger partial charge on any atom is 0.416 e. The van der Waals surface area contributed by atoms with Crippen molar-refractivity contribution in [1.82, 2.24) is 0 Å². The average molecular weight is 364 g/mol. The van der Waals surface area contributed by atoms with Gasteiger partial charge in [-0.2, -0.15) is 13.2 Å². The number of aliphatic carboxylic acids is 1. The van der Waals surface area contributed by atoms with Crippen LogP contribution in [0.25, 0.3) is 5.70 Å². The zero-order valence-electron chi connectivity index (χ0n) is 13.7. The predicted octanol–water partition coefficient (Wildman–Crippen LogP) is 2.39. The maximum absolute atomic E-state index is 13.1. The Morgan fingerprint density at radius 1 is 1.27 bits per heavy atom. The van der Waals surface area contributed by atoms with Crippen LogP contribution in [-0.2, 0) is 11.0 Å². The summed E-state index contributed by atoms with van der Waals surface area (Å²) in [5.74, 6) is -0.886. The van der Waals surface area contributed by atoms with E-state index in [2.05, 4.69) is 4.99 Å². The average Bonchev–Trinajstić information content (AvgIpc) is 2.60. The number of carboxylic acids is 1. The van der Waals surface area contributed by atoms with E-state index in [1.54, 1.807) is 24.3 Å². The molecule has 8 heteroatoms. The van der Waals surface area contributed by atoms with Crippen molar-refractivity contribution in [1.29, 1.82) is 0 Å². The van der Waals surface area contributed by atoms with Crippen molar-refractivity contribution in [2.75, 3.05) is 18.7 Å². The first-order valence-corrected chi connectivity index (χ1v) is 7.68. The van der Waals surface area contributed by atoms with Gasteiger partial charge >= 0.3 is 12.1 Å². The van der Waals surface area contributed by atoms with Crippen LogP contribution in [0.1, 0.15) is 12.0 Å². The molecule has 2 aromatic carbocycles. The van der Waals surface area contributed by atoms with Gasteiger partial charge in [-0.25, -0.2) is 0 Å². The van der Waals surface area contributed by atoms with E-state index in [-0.39, 0.29) is 24.5 Å². The zero-order valence-corrected chi connectivity index (χ0v) is 13.7. The monoisotopic (exact) mass is 364 g/mol. The van der Waals surface area contributed by atoms with Crippen LogP contribution in [0.5, 0.6) is 5.75 Å². The Morgan fingerprint density at radius 2 is 2.00 bits per heavy atom. The lowest BCUT2D eigenvalue weighted by molar-refractivity contribution is -0.138. The van der Waals surface area contributed by atoms with E-state index >= 15 is 0 Å². The number of nitrogens with zero attached hydrogens (tertiary/aromatic N) is 2. The highest BCUT2D eigenvalue weighted by Crippen LogP contribution is 2.38. The Kier molecular flexibility index (Phi) is 4.58. The van der Waals surface area contributed by atoms with Crippen LogP contribution in [-0.4, -0.2) is 24.9 Å². The molecule has 0 fully saturated rings. The molecule has 1 heterocycles. The summed E-state index contributed by atoms with van der Waals surface area (Å²) >= 11 is 0. The van der Waals surface area contributed by atoms with E-state index in [4.69, 9.17) is 4.74 Å². The minimum atomic E-state index is -4.53. The quantitative estimate of drug-likeness (QED) is 0.905. The highest BCUT2D eigenvalue weighted by molar-refractivity contribution is 5.85. The first kappa shape index (κ1) is 17.8. The van der Waals surface area contributed by atoms with Crippen molar-refractivity contribution in [2.24, 2.45) is 4.99 Å². The summed E-state index contributed by atoms with van der Waals surface area (Å²) in [6.07, 6.45) is -4.88. The normalized spacial score (nSPS) is 13.8. The molecule has 0 radical (unpaired) electrons. The fourth-order valence-corrected chi connectivity index (χ4v) is 2.87. The van der Waals surface area contributed by atoms with Gasteiger partial charge in [-0.3, -0.25) is 9.79 Å². The zero-order chi connectivity index (χ0) is 18.9. The number of halogens is 3. The van der Waals surface area contributed by atoms with Crippen molar-refractivity contribution >= 4 is 17.4 Å². The first-order valence-electron chi connectivity index (χ1n) is 7.68. The minimum Gasteiger partial charge on any atom is -0.495 e. The van der Waals surface area contributed by atoms with Crippen LogP contribution in [0.4, 0.5) is 18.9 Å².